The summed E-state index contributed by atoms with van der Waals surface area (Å²) in [6, 6.07) is 8.68. The van der Waals surface area contributed by atoms with Crippen LogP contribution >= 0.6 is 0 Å². The first-order valence-corrected chi connectivity index (χ1v) is 13.9. The number of fused-ring (bicyclic) bond motifs is 5. The minimum atomic E-state index is -4.57. The van der Waals surface area contributed by atoms with Gasteiger partial charge in [-0.2, -0.15) is 13.2 Å². The molecule has 0 amide bonds. The Labute approximate surface area is 241 Å². The lowest BCUT2D eigenvalue weighted by Gasteiger charge is -2.31. The number of hydrogen-bond donors (Lipinski definition) is 2. The molecule has 7 rings (SSSR count). The Hall–Kier alpha value is -4.29. The number of carbonyl (C=O) groups excluding carboxylic acids is 1. The Balaban J connectivity index is 1.52. The van der Waals surface area contributed by atoms with E-state index in [0.717, 1.165) is 31.0 Å². The predicted molar refractivity (Wildman–Crippen MR) is 147 cm³/mol. The van der Waals surface area contributed by atoms with Gasteiger partial charge < -0.3 is 24.3 Å². The fraction of sp³-hybridized carbons (Fsp3) is 0.323. The molecule has 0 spiro atoms. The Morgan fingerprint density at radius 3 is 2.47 bits per heavy atom. The topological polar surface area (TPSA) is 103 Å². The summed E-state index contributed by atoms with van der Waals surface area (Å²) >= 11 is 0. The highest BCUT2D eigenvalue weighted by Crippen LogP contribution is 2.40. The highest BCUT2D eigenvalue weighted by Gasteiger charge is 2.45. The van der Waals surface area contributed by atoms with E-state index in [0.29, 0.717) is 5.69 Å². The molecule has 12 heteroatoms. The average molecular weight is 596 g/mol. The maximum Gasteiger partial charge on any atom is 0.416 e. The molecule has 8 nitrogen and oxygen atoms in total. The number of ether oxygens (including phenoxy) is 1. The van der Waals surface area contributed by atoms with Gasteiger partial charge in [-0.1, -0.05) is 6.92 Å². The lowest BCUT2D eigenvalue weighted by Crippen LogP contribution is -2.44. The number of carbonyl (C=O) groups is 1. The first kappa shape index (κ1) is 27.5. The van der Waals surface area contributed by atoms with Gasteiger partial charge in [0.1, 0.15) is 12.4 Å². The molecule has 0 unspecified atom stereocenters. The summed E-state index contributed by atoms with van der Waals surface area (Å²) in [6.07, 6.45) is -2.72. The van der Waals surface area contributed by atoms with Crippen molar-refractivity contribution in [1.29, 1.82) is 0 Å². The number of cyclic esters (lactones) is 1. The number of halogens is 4. The second kappa shape index (κ2) is 9.35. The standard InChI is InChI=1S/C31H25F4N3O5/c1-2-30(42)21-11-24-26-25(13-37(24)28(40)20(21)14-43-29(30)41)38(18-7-3-16(4-8-18)31(33,34)35)23-9-15(12-36-17-5-6-17)22(32)10-19(23)27(26)39/h3-4,7-11,17,36,42H,2,5-6,12-14H2,1H3/t30-/m0/s1. The molecule has 3 aliphatic rings. The maximum atomic E-state index is 15.4. The van der Waals surface area contributed by atoms with Crippen LogP contribution in [0.15, 0.2) is 52.1 Å². The Morgan fingerprint density at radius 1 is 1.09 bits per heavy atom. The summed E-state index contributed by atoms with van der Waals surface area (Å²) in [5, 5.41) is 14.4. The summed E-state index contributed by atoms with van der Waals surface area (Å²) < 4.78 is 63.6. The summed E-state index contributed by atoms with van der Waals surface area (Å²) in [5.74, 6) is -1.54. The van der Waals surface area contributed by atoms with E-state index < -0.39 is 40.1 Å². The van der Waals surface area contributed by atoms with E-state index in [-0.39, 0.29) is 76.7 Å². The molecule has 4 heterocycles. The normalized spacial score (nSPS) is 19.3. The van der Waals surface area contributed by atoms with Crippen molar-refractivity contribution < 1.29 is 32.2 Å². The van der Waals surface area contributed by atoms with Gasteiger partial charge in [0.25, 0.3) is 5.56 Å². The molecule has 0 radical (unpaired) electrons. The minimum Gasteiger partial charge on any atom is -0.458 e. The van der Waals surface area contributed by atoms with E-state index in [1.54, 1.807) is 11.5 Å². The van der Waals surface area contributed by atoms with Gasteiger partial charge in [0.05, 0.1) is 40.1 Å². The molecular weight excluding hydrogens is 570 g/mol. The number of alkyl halides is 3. The van der Waals surface area contributed by atoms with E-state index in [4.69, 9.17) is 4.74 Å². The molecule has 1 saturated carbocycles. The lowest BCUT2D eigenvalue weighted by molar-refractivity contribution is -0.172. The van der Waals surface area contributed by atoms with Gasteiger partial charge in [0.15, 0.2) is 11.0 Å². The van der Waals surface area contributed by atoms with Gasteiger partial charge in [-0.05, 0) is 61.7 Å². The molecule has 2 N–H and O–H groups in total. The molecule has 222 valence electrons. The molecule has 4 aromatic rings. The summed E-state index contributed by atoms with van der Waals surface area (Å²) in [4.78, 5) is 40.3. The maximum absolute atomic E-state index is 15.4. The zero-order valence-corrected chi connectivity index (χ0v) is 22.8. The number of hydrogen-bond acceptors (Lipinski definition) is 6. The number of rotatable bonds is 5. The van der Waals surface area contributed by atoms with Crippen molar-refractivity contribution in [2.45, 2.75) is 63.7 Å². The van der Waals surface area contributed by atoms with Crippen molar-refractivity contribution in [3.05, 3.63) is 96.8 Å². The van der Waals surface area contributed by atoms with Crippen LogP contribution in [0.5, 0.6) is 0 Å². The predicted octanol–water partition coefficient (Wildman–Crippen LogP) is 4.25. The Kier molecular flexibility index (Phi) is 5.99. The Morgan fingerprint density at radius 2 is 1.81 bits per heavy atom. The zero-order chi connectivity index (χ0) is 30.4. The van der Waals surface area contributed by atoms with Crippen LogP contribution in [-0.4, -0.2) is 26.3 Å². The largest absolute Gasteiger partial charge is 0.458 e. The van der Waals surface area contributed by atoms with Crippen LogP contribution in [0.1, 0.15) is 54.1 Å². The molecule has 2 aliphatic heterocycles. The van der Waals surface area contributed by atoms with Gasteiger partial charge in [-0.15, -0.1) is 0 Å². The fourth-order valence-corrected chi connectivity index (χ4v) is 6.09. The number of nitrogens with one attached hydrogen (secondary N) is 1. The monoisotopic (exact) mass is 595 g/mol. The van der Waals surface area contributed by atoms with Gasteiger partial charge in [0.2, 0.25) is 0 Å². The van der Waals surface area contributed by atoms with Crippen molar-refractivity contribution >= 4 is 16.9 Å². The van der Waals surface area contributed by atoms with Crippen LogP contribution in [0.2, 0.25) is 0 Å². The van der Waals surface area contributed by atoms with Crippen molar-refractivity contribution in [1.82, 2.24) is 14.5 Å². The highest BCUT2D eigenvalue weighted by molar-refractivity contribution is 5.89. The second-order valence-electron chi connectivity index (χ2n) is 11.2. The minimum absolute atomic E-state index is 0.0311. The number of aliphatic hydroxyl groups is 1. The molecule has 2 aromatic heterocycles. The number of nitrogens with zero attached hydrogens (tertiary/aromatic N) is 2. The van der Waals surface area contributed by atoms with Crippen LogP contribution < -0.4 is 16.3 Å². The first-order chi connectivity index (χ1) is 20.4. The van der Waals surface area contributed by atoms with Gasteiger partial charge in [0, 0.05) is 34.8 Å². The molecule has 1 fully saturated rings. The van der Waals surface area contributed by atoms with Crippen molar-refractivity contribution in [3.63, 3.8) is 0 Å². The van der Waals surface area contributed by atoms with Crippen molar-refractivity contribution in [2.75, 3.05) is 0 Å². The van der Waals surface area contributed by atoms with Crippen molar-refractivity contribution in [2.24, 2.45) is 0 Å². The van der Waals surface area contributed by atoms with E-state index in [9.17, 15) is 32.7 Å². The summed E-state index contributed by atoms with van der Waals surface area (Å²) in [7, 11) is 0. The van der Waals surface area contributed by atoms with E-state index >= 15 is 4.39 Å². The van der Waals surface area contributed by atoms with Crippen molar-refractivity contribution in [3.8, 4) is 16.9 Å². The first-order valence-electron chi connectivity index (χ1n) is 13.9. The third kappa shape index (κ3) is 4.14. The van der Waals surface area contributed by atoms with E-state index in [1.807, 2.05) is 0 Å². The molecule has 1 aliphatic carbocycles. The van der Waals surface area contributed by atoms with Gasteiger partial charge >= 0.3 is 12.1 Å². The molecule has 0 bridgehead atoms. The zero-order valence-electron chi connectivity index (χ0n) is 22.8. The quantitative estimate of drug-likeness (QED) is 0.233. The van der Waals surface area contributed by atoms with Gasteiger partial charge in [-0.25, -0.2) is 9.18 Å². The molecule has 2 aromatic carbocycles. The number of benzene rings is 2. The number of aromatic nitrogens is 2. The van der Waals surface area contributed by atoms with E-state index in [1.165, 1.54) is 28.8 Å². The average Bonchev–Trinajstić information content (AvgIpc) is 3.73. The number of pyridine rings is 2. The molecule has 1 atom stereocenters. The highest BCUT2D eigenvalue weighted by atomic mass is 19.4. The summed E-state index contributed by atoms with van der Waals surface area (Å²) in [5.41, 5.74) is -2.75. The Bertz CT molecular complexity index is 1980. The molecule has 0 saturated heterocycles. The fourth-order valence-electron chi connectivity index (χ4n) is 6.09. The second-order valence-corrected chi connectivity index (χ2v) is 11.2. The smallest absolute Gasteiger partial charge is 0.416 e. The third-order valence-electron chi connectivity index (χ3n) is 8.65. The lowest BCUT2D eigenvalue weighted by atomic mass is 9.85. The van der Waals surface area contributed by atoms with Crippen LogP contribution in [0.4, 0.5) is 17.6 Å². The van der Waals surface area contributed by atoms with Crippen LogP contribution in [0.25, 0.3) is 27.8 Å². The molecular formula is C31H25F4N3O5. The summed E-state index contributed by atoms with van der Waals surface area (Å²) in [6.45, 7) is 1.26. The van der Waals surface area contributed by atoms with Crippen LogP contribution in [0, 0.1) is 5.82 Å². The van der Waals surface area contributed by atoms with Gasteiger partial charge in [-0.3, -0.25) is 9.59 Å². The van der Waals surface area contributed by atoms with Crippen LogP contribution in [0.3, 0.4) is 0 Å². The number of esters is 1. The SMILES string of the molecule is CC[C@@]1(O)C(=O)OCc2c1cc1n(c2=O)Cc2c-1c(=O)c1cc(F)c(CNC3CC3)cc1n2-c1ccc(C(F)(F)F)cc1. The molecule has 43 heavy (non-hydrogen) atoms. The van der Waals surface area contributed by atoms with Crippen LogP contribution in [-0.2, 0) is 41.0 Å². The third-order valence-corrected chi connectivity index (χ3v) is 8.65. The van der Waals surface area contributed by atoms with E-state index in [2.05, 4.69) is 5.32 Å².